The molecule has 0 bridgehead atoms. The number of aliphatic hydroxyl groups excluding tert-OH is 1. The molecule has 0 radical (unpaired) electrons. The van der Waals surface area contributed by atoms with Gasteiger partial charge in [0.05, 0.1) is 17.0 Å². The van der Waals surface area contributed by atoms with Crippen molar-refractivity contribution in [2.45, 2.75) is 6.92 Å². The second kappa shape index (κ2) is 5.95. The molecule has 10 heavy (non-hydrogen) atoms. The van der Waals surface area contributed by atoms with Crippen LogP contribution in [0.15, 0.2) is 14.4 Å². The Hall–Kier alpha value is 0.200. The van der Waals surface area contributed by atoms with E-state index in [1.165, 1.54) is 0 Å². The molecule has 1 N–H and O–H groups in total. The van der Waals surface area contributed by atoms with Crippen LogP contribution in [0.4, 0.5) is 0 Å². The summed E-state index contributed by atoms with van der Waals surface area (Å²) in [4.78, 5) is 3.94. The lowest BCUT2D eigenvalue weighted by Crippen LogP contribution is -1.95. The summed E-state index contributed by atoms with van der Waals surface area (Å²) in [5.74, 6) is 0. The fourth-order valence-corrected chi connectivity index (χ4v) is 0.774. The normalized spacial score (nSPS) is 14.0. The van der Waals surface area contributed by atoms with Crippen molar-refractivity contribution in [3.63, 3.8) is 0 Å². The number of aliphatic hydroxyl groups is 1. The standard InChI is InChI=1S/C6H10BrNOS/c1-2-8-3-5(4-9)6(7)10/h2,9-10H,3-4H2,1H3/b6-5+,8-2-. The molecule has 0 spiro atoms. The van der Waals surface area contributed by atoms with Gasteiger partial charge in [0.15, 0.2) is 0 Å². The minimum absolute atomic E-state index is 0.00141. The average Bonchev–Trinajstić information content (AvgIpc) is 1.89. The molecule has 0 atom stereocenters. The molecule has 0 heterocycles. The van der Waals surface area contributed by atoms with Gasteiger partial charge >= 0.3 is 0 Å². The lowest BCUT2D eigenvalue weighted by atomic mass is 10.3. The zero-order valence-corrected chi connectivity index (χ0v) is 8.19. The van der Waals surface area contributed by atoms with Gasteiger partial charge in [-0.05, 0) is 34.6 Å². The number of hydrogen-bond donors (Lipinski definition) is 2. The molecule has 0 rings (SSSR count). The Morgan fingerprint density at radius 1 is 1.80 bits per heavy atom. The van der Waals surface area contributed by atoms with Crippen LogP contribution in [0, 0.1) is 0 Å². The smallest absolute Gasteiger partial charge is 0.0678 e. The third-order valence-corrected chi connectivity index (χ3v) is 1.82. The van der Waals surface area contributed by atoms with Crippen molar-refractivity contribution < 1.29 is 5.11 Å². The van der Waals surface area contributed by atoms with E-state index in [0.717, 1.165) is 5.57 Å². The van der Waals surface area contributed by atoms with Gasteiger partial charge in [0.25, 0.3) is 0 Å². The maximum Gasteiger partial charge on any atom is 0.0678 e. The maximum absolute atomic E-state index is 8.71. The SMILES string of the molecule is C/C=N\C/C(CO)=C(\S)Br. The van der Waals surface area contributed by atoms with Crippen LogP contribution in [0.2, 0.25) is 0 Å². The van der Waals surface area contributed by atoms with Crippen molar-refractivity contribution >= 4 is 34.8 Å². The second-order valence-electron chi connectivity index (χ2n) is 1.65. The highest BCUT2D eigenvalue weighted by Gasteiger charge is 1.96. The molecule has 0 fully saturated rings. The summed E-state index contributed by atoms with van der Waals surface area (Å²) in [6.45, 7) is 2.35. The van der Waals surface area contributed by atoms with Gasteiger partial charge in [-0.15, -0.1) is 12.6 Å². The molecule has 0 unspecified atom stereocenters. The molecule has 0 aromatic rings. The van der Waals surface area contributed by atoms with Crippen LogP contribution in [0.1, 0.15) is 6.92 Å². The zero-order valence-electron chi connectivity index (χ0n) is 5.71. The summed E-state index contributed by atoms with van der Waals surface area (Å²) in [6.07, 6.45) is 1.69. The third kappa shape index (κ3) is 4.09. The Kier molecular flexibility index (Phi) is 6.06. The van der Waals surface area contributed by atoms with E-state index >= 15 is 0 Å². The van der Waals surface area contributed by atoms with Crippen LogP contribution in [-0.2, 0) is 0 Å². The van der Waals surface area contributed by atoms with E-state index in [1.54, 1.807) is 6.21 Å². The van der Waals surface area contributed by atoms with Crippen LogP contribution in [0.5, 0.6) is 0 Å². The monoisotopic (exact) mass is 223 g/mol. The van der Waals surface area contributed by atoms with Crippen molar-refractivity contribution in [1.82, 2.24) is 0 Å². The van der Waals surface area contributed by atoms with Crippen molar-refractivity contribution in [1.29, 1.82) is 0 Å². The summed E-state index contributed by atoms with van der Waals surface area (Å²) in [5.41, 5.74) is 0.793. The quantitative estimate of drug-likeness (QED) is 0.554. The topological polar surface area (TPSA) is 32.6 Å². The van der Waals surface area contributed by atoms with Gasteiger partial charge in [-0.1, -0.05) is 0 Å². The predicted octanol–water partition coefficient (Wildman–Crippen LogP) is 1.61. The fraction of sp³-hybridized carbons (Fsp3) is 0.500. The van der Waals surface area contributed by atoms with Crippen molar-refractivity contribution in [2.75, 3.05) is 13.2 Å². The first-order chi connectivity index (χ1) is 4.72. The molecule has 2 nitrogen and oxygen atoms in total. The van der Waals surface area contributed by atoms with Gasteiger partial charge in [-0.2, -0.15) is 0 Å². The third-order valence-electron chi connectivity index (χ3n) is 0.947. The Balaban J connectivity index is 3.97. The molecular formula is C6H10BrNOS. The first kappa shape index (κ1) is 10.2. The fourth-order valence-electron chi connectivity index (χ4n) is 0.382. The molecule has 0 aliphatic heterocycles. The van der Waals surface area contributed by atoms with E-state index in [0.29, 0.717) is 10.4 Å². The van der Waals surface area contributed by atoms with E-state index < -0.39 is 0 Å². The predicted molar refractivity (Wildman–Crippen MR) is 51.1 cm³/mol. The lowest BCUT2D eigenvalue weighted by Gasteiger charge is -1.98. The molecule has 0 aromatic carbocycles. The second-order valence-corrected chi connectivity index (χ2v) is 3.50. The highest BCUT2D eigenvalue weighted by Crippen LogP contribution is 2.15. The maximum atomic E-state index is 8.71. The Labute approximate surface area is 74.6 Å². The van der Waals surface area contributed by atoms with Crippen molar-refractivity contribution in [3.8, 4) is 0 Å². The first-order valence-corrected chi connectivity index (χ1v) is 4.08. The Morgan fingerprint density at radius 2 is 2.40 bits per heavy atom. The van der Waals surface area contributed by atoms with Gasteiger partial charge < -0.3 is 5.11 Å². The molecule has 4 heteroatoms. The van der Waals surface area contributed by atoms with Crippen LogP contribution >= 0.6 is 28.6 Å². The number of hydrogen-bond acceptors (Lipinski definition) is 3. The van der Waals surface area contributed by atoms with Crippen molar-refractivity contribution in [2.24, 2.45) is 4.99 Å². The highest BCUT2D eigenvalue weighted by atomic mass is 79.9. The van der Waals surface area contributed by atoms with E-state index in [2.05, 4.69) is 33.6 Å². The molecule has 0 aliphatic carbocycles. The summed E-state index contributed by atoms with van der Waals surface area (Å²) in [6, 6.07) is 0. The molecule has 0 saturated heterocycles. The van der Waals surface area contributed by atoms with Crippen LogP contribution in [0.25, 0.3) is 0 Å². The molecule has 58 valence electrons. The number of nitrogens with zero attached hydrogens (tertiary/aromatic N) is 1. The molecule has 0 aromatic heterocycles. The van der Waals surface area contributed by atoms with Gasteiger partial charge in [0.2, 0.25) is 0 Å². The molecule has 0 saturated carbocycles. The van der Waals surface area contributed by atoms with Crippen LogP contribution in [-0.4, -0.2) is 24.5 Å². The van der Waals surface area contributed by atoms with E-state index in [-0.39, 0.29) is 6.61 Å². The minimum Gasteiger partial charge on any atom is -0.392 e. The number of rotatable bonds is 3. The largest absolute Gasteiger partial charge is 0.392 e. The zero-order chi connectivity index (χ0) is 7.98. The summed E-state index contributed by atoms with van der Waals surface area (Å²) < 4.78 is 0.667. The summed E-state index contributed by atoms with van der Waals surface area (Å²) in [7, 11) is 0. The van der Waals surface area contributed by atoms with Gasteiger partial charge in [0, 0.05) is 0 Å². The van der Waals surface area contributed by atoms with Gasteiger partial charge in [0.1, 0.15) is 0 Å². The minimum atomic E-state index is 0.00141. The average molecular weight is 224 g/mol. The first-order valence-electron chi connectivity index (χ1n) is 2.84. The van der Waals surface area contributed by atoms with Crippen LogP contribution in [0.3, 0.4) is 0 Å². The number of halogens is 1. The van der Waals surface area contributed by atoms with Crippen LogP contribution < -0.4 is 0 Å². The Morgan fingerprint density at radius 3 is 2.70 bits per heavy atom. The van der Waals surface area contributed by atoms with Gasteiger partial charge in [-0.3, -0.25) is 4.99 Å². The van der Waals surface area contributed by atoms with E-state index in [1.807, 2.05) is 6.92 Å². The van der Waals surface area contributed by atoms with Crippen molar-refractivity contribution in [3.05, 3.63) is 9.39 Å². The molecular weight excluding hydrogens is 214 g/mol. The Bertz CT molecular complexity index is 152. The van der Waals surface area contributed by atoms with E-state index in [4.69, 9.17) is 5.11 Å². The highest BCUT2D eigenvalue weighted by molar-refractivity contribution is 9.13. The lowest BCUT2D eigenvalue weighted by molar-refractivity contribution is 0.330. The number of thiol groups is 1. The summed E-state index contributed by atoms with van der Waals surface area (Å²) >= 11 is 7.15. The van der Waals surface area contributed by atoms with E-state index in [9.17, 15) is 0 Å². The molecule has 0 amide bonds. The summed E-state index contributed by atoms with van der Waals surface area (Å²) in [5, 5.41) is 8.71. The molecule has 0 aliphatic rings. The number of aliphatic imine (C=N–C) groups is 1. The van der Waals surface area contributed by atoms with Gasteiger partial charge in [-0.25, -0.2) is 0 Å².